The van der Waals surface area contributed by atoms with Crippen LogP contribution in [0.15, 0.2) is 29.8 Å². The van der Waals surface area contributed by atoms with Crippen molar-refractivity contribution in [2.24, 2.45) is 0 Å². The fraction of sp³-hybridized carbons (Fsp3) is 0.556. The van der Waals surface area contributed by atoms with E-state index in [2.05, 4.69) is 30.4 Å². The molecule has 114 valence electrons. The van der Waals surface area contributed by atoms with Crippen molar-refractivity contribution in [1.29, 1.82) is 0 Å². The molecule has 0 fully saturated rings. The van der Waals surface area contributed by atoms with Crippen molar-refractivity contribution in [3.63, 3.8) is 0 Å². The molecule has 0 saturated carbocycles. The van der Waals surface area contributed by atoms with Gasteiger partial charge < -0.3 is 14.8 Å². The Hall–Kier alpha value is -1.48. The topological polar surface area (TPSA) is 30.5 Å². The second-order valence-corrected chi connectivity index (χ2v) is 5.74. The van der Waals surface area contributed by atoms with E-state index in [9.17, 15) is 0 Å². The molecule has 1 atom stereocenters. The average Bonchev–Trinajstić information content (AvgIpc) is 2.81. The predicted octanol–water partition coefficient (Wildman–Crippen LogP) is 4.00. The van der Waals surface area contributed by atoms with Crippen LogP contribution in [-0.2, 0) is 0 Å². The van der Waals surface area contributed by atoms with Gasteiger partial charge in [0.1, 0.15) is 13.2 Å². The zero-order valence-electron chi connectivity index (χ0n) is 12.9. The van der Waals surface area contributed by atoms with E-state index >= 15 is 0 Å². The van der Waals surface area contributed by atoms with Crippen LogP contribution >= 0.6 is 0 Å². The summed E-state index contributed by atoms with van der Waals surface area (Å²) >= 11 is 0. The van der Waals surface area contributed by atoms with Crippen LogP contribution in [0.1, 0.15) is 50.6 Å². The van der Waals surface area contributed by atoms with Gasteiger partial charge in [-0.05, 0) is 38.3 Å². The third-order valence-corrected chi connectivity index (χ3v) is 4.26. The van der Waals surface area contributed by atoms with E-state index < -0.39 is 0 Å². The maximum atomic E-state index is 5.91. The maximum Gasteiger partial charge on any atom is 0.166 e. The highest BCUT2D eigenvalue weighted by atomic mass is 16.6. The average molecular weight is 287 g/mol. The molecule has 0 saturated heterocycles. The van der Waals surface area contributed by atoms with Gasteiger partial charge >= 0.3 is 0 Å². The van der Waals surface area contributed by atoms with Gasteiger partial charge in [0.2, 0.25) is 0 Å². The highest BCUT2D eigenvalue weighted by Crippen LogP contribution is 2.40. The van der Waals surface area contributed by atoms with Crippen molar-refractivity contribution in [3.8, 4) is 11.5 Å². The molecule has 3 heteroatoms. The maximum absolute atomic E-state index is 5.91. The zero-order valence-corrected chi connectivity index (χ0v) is 12.9. The van der Waals surface area contributed by atoms with E-state index in [-0.39, 0.29) is 6.04 Å². The Labute approximate surface area is 127 Å². The number of rotatable bonds is 4. The monoisotopic (exact) mass is 287 g/mol. The summed E-state index contributed by atoms with van der Waals surface area (Å²) in [5, 5.41) is 3.64. The second kappa shape index (κ2) is 6.99. The fourth-order valence-corrected chi connectivity index (χ4v) is 3.27. The van der Waals surface area contributed by atoms with Gasteiger partial charge in [-0.15, -0.1) is 0 Å². The van der Waals surface area contributed by atoms with E-state index in [1.807, 2.05) is 6.07 Å². The SMILES string of the molecule is CCNC(C1=CCCCCC1)c1cccc2c1OCCO2. The quantitative estimate of drug-likeness (QED) is 0.849. The Kier molecular flexibility index (Phi) is 4.81. The van der Waals surface area contributed by atoms with Gasteiger partial charge in [-0.3, -0.25) is 0 Å². The highest BCUT2D eigenvalue weighted by Gasteiger charge is 2.24. The van der Waals surface area contributed by atoms with Crippen LogP contribution in [0, 0.1) is 0 Å². The van der Waals surface area contributed by atoms with Crippen molar-refractivity contribution in [1.82, 2.24) is 5.32 Å². The third kappa shape index (κ3) is 3.24. The lowest BCUT2D eigenvalue weighted by molar-refractivity contribution is 0.169. The van der Waals surface area contributed by atoms with Crippen molar-refractivity contribution in [2.45, 2.75) is 45.1 Å². The van der Waals surface area contributed by atoms with Crippen LogP contribution in [0.5, 0.6) is 11.5 Å². The minimum absolute atomic E-state index is 0.254. The molecule has 3 nitrogen and oxygen atoms in total. The zero-order chi connectivity index (χ0) is 14.5. The molecular weight excluding hydrogens is 262 g/mol. The molecule has 0 bridgehead atoms. The lowest BCUT2D eigenvalue weighted by atomic mass is 9.94. The van der Waals surface area contributed by atoms with E-state index in [0.29, 0.717) is 13.2 Å². The van der Waals surface area contributed by atoms with Crippen LogP contribution in [0.2, 0.25) is 0 Å². The van der Waals surface area contributed by atoms with Crippen LogP contribution in [-0.4, -0.2) is 19.8 Å². The molecule has 21 heavy (non-hydrogen) atoms. The summed E-state index contributed by atoms with van der Waals surface area (Å²) in [6.07, 6.45) is 8.76. The number of benzene rings is 1. The minimum atomic E-state index is 0.254. The van der Waals surface area contributed by atoms with Crippen LogP contribution in [0.4, 0.5) is 0 Å². The normalized spacial score (nSPS) is 19.6. The van der Waals surface area contributed by atoms with Crippen LogP contribution < -0.4 is 14.8 Å². The number of hydrogen-bond acceptors (Lipinski definition) is 3. The molecule has 0 spiro atoms. The first-order valence-electron chi connectivity index (χ1n) is 8.21. The Morgan fingerprint density at radius 1 is 1.14 bits per heavy atom. The number of ether oxygens (including phenoxy) is 2. The Morgan fingerprint density at radius 2 is 2.05 bits per heavy atom. The standard InChI is InChI=1S/C18H25NO2/c1-2-19-17(14-8-5-3-4-6-9-14)15-10-7-11-16-18(15)21-13-12-20-16/h7-8,10-11,17,19H,2-6,9,12-13H2,1H3. The van der Waals surface area contributed by atoms with Gasteiger partial charge in [0.25, 0.3) is 0 Å². The summed E-state index contributed by atoms with van der Waals surface area (Å²) in [5.74, 6) is 1.82. The van der Waals surface area contributed by atoms with Crippen molar-refractivity contribution in [3.05, 3.63) is 35.4 Å². The predicted molar refractivity (Wildman–Crippen MR) is 85.0 cm³/mol. The summed E-state index contributed by atoms with van der Waals surface area (Å²) in [6, 6.07) is 6.50. The van der Waals surface area contributed by atoms with Gasteiger partial charge in [0.15, 0.2) is 11.5 Å². The summed E-state index contributed by atoms with van der Waals surface area (Å²) < 4.78 is 11.6. The van der Waals surface area contributed by atoms with Gasteiger partial charge in [-0.1, -0.05) is 37.1 Å². The molecule has 1 aliphatic carbocycles. The number of para-hydroxylation sites is 1. The number of allylic oxidation sites excluding steroid dienone is 1. The first-order valence-corrected chi connectivity index (χ1v) is 8.21. The lowest BCUT2D eigenvalue weighted by Crippen LogP contribution is -2.25. The summed E-state index contributed by atoms with van der Waals surface area (Å²) in [7, 11) is 0. The molecule has 1 aliphatic heterocycles. The summed E-state index contributed by atoms with van der Waals surface area (Å²) in [4.78, 5) is 0. The van der Waals surface area contributed by atoms with Gasteiger partial charge in [0.05, 0.1) is 6.04 Å². The molecule has 3 rings (SSSR count). The lowest BCUT2D eigenvalue weighted by Gasteiger charge is -2.27. The van der Waals surface area contributed by atoms with Gasteiger partial charge in [-0.2, -0.15) is 0 Å². The van der Waals surface area contributed by atoms with Gasteiger partial charge in [-0.25, -0.2) is 0 Å². The Morgan fingerprint density at radius 3 is 2.95 bits per heavy atom. The first kappa shape index (κ1) is 14.5. The molecule has 2 aliphatic rings. The van der Waals surface area contributed by atoms with Gasteiger partial charge in [0, 0.05) is 5.56 Å². The molecule has 0 radical (unpaired) electrons. The Bertz CT molecular complexity index is 510. The molecule has 0 aromatic heterocycles. The van der Waals surface area contributed by atoms with Crippen LogP contribution in [0.3, 0.4) is 0 Å². The fourth-order valence-electron chi connectivity index (χ4n) is 3.27. The van der Waals surface area contributed by atoms with Crippen LogP contribution in [0.25, 0.3) is 0 Å². The molecule has 0 amide bonds. The van der Waals surface area contributed by atoms with E-state index in [0.717, 1.165) is 18.0 Å². The largest absolute Gasteiger partial charge is 0.486 e. The first-order chi connectivity index (χ1) is 10.4. The second-order valence-electron chi connectivity index (χ2n) is 5.74. The smallest absolute Gasteiger partial charge is 0.166 e. The number of hydrogen-bond donors (Lipinski definition) is 1. The molecule has 1 aromatic rings. The number of fused-ring (bicyclic) bond motifs is 1. The highest BCUT2D eigenvalue weighted by molar-refractivity contribution is 5.51. The van der Waals surface area contributed by atoms with E-state index in [1.54, 1.807) is 0 Å². The Balaban J connectivity index is 1.95. The number of nitrogens with one attached hydrogen (secondary N) is 1. The minimum Gasteiger partial charge on any atom is -0.486 e. The van der Waals surface area contributed by atoms with Crippen molar-refractivity contribution in [2.75, 3.05) is 19.8 Å². The molecule has 1 heterocycles. The summed E-state index contributed by atoms with van der Waals surface area (Å²) in [6.45, 7) is 4.40. The van der Waals surface area contributed by atoms with E-state index in [1.165, 1.54) is 43.2 Å². The van der Waals surface area contributed by atoms with E-state index in [4.69, 9.17) is 9.47 Å². The molecular formula is C18H25NO2. The number of likely N-dealkylation sites (N-methyl/N-ethyl adjacent to an activating group) is 1. The summed E-state index contributed by atoms with van der Waals surface area (Å²) in [5.41, 5.74) is 2.74. The molecule has 1 aromatic carbocycles. The molecule has 1 N–H and O–H groups in total. The van der Waals surface area contributed by atoms with Crippen molar-refractivity contribution >= 4 is 0 Å². The third-order valence-electron chi connectivity index (χ3n) is 4.26. The van der Waals surface area contributed by atoms with Crippen molar-refractivity contribution < 1.29 is 9.47 Å². The molecule has 1 unspecified atom stereocenters.